The Labute approximate surface area is 78.7 Å². The third-order valence-corrected chi connectivity index (χ3v) is 1.10. The van der Waals surface area contributed by atoms with Gasteiger partial charge in [0.25, 0.3) is 0 Å². The van der Waals surface area contributed by atoms with E-state index in [0.717, 1.165) is 0 Å². The number of aliphatic hydroxyl groups is 2. The minimum atomic E-state index is -1.36. The molecule has 0 bridgehead atoms. The van der Waals surface area contributed by atoms with Gasteiger partial charge in [-0.05, 0) is 27.7 Å². The SMILES string of the molecule is CC(C)(O)C(N)=O.CC(C)(O)CN. The van der Waals surface area contributed by atoms with E-state index < -0.39 is 17.1 Å². The summed E-state index contributed by atoms with van der Waals surface area (Å²) in [5, 5.41) is 17.3. The van der Waals surface area contributed by atoms with Crippen LogP contribution in [0.15, 0.2) is 0 Å². The van der Waals surface area contributed by atoms with Gasteiger partial charge in [0.2, 0.25) is 5.91 Å². The van der Waals surface area contributed by atoms with Crippen LogP contribution in [0.5, 0.6) is 0 Å². The van der Waals surface area contributed by atoms with Gasteiger partial charge >= 0.3 is 0 Å². The first kappa shape index (κ1) is 14.9. The van der Waals surface area contributed by atoms with Crippen molar-refractivity contribution in [2.24, 2.45) is 11.5 Å². The fourth-order valence-corrected chi connectivity index (χ4v) is 0. The van der Waals surface area contributed by atoms with Crippen molar-refractivity contribution in [2.75, 3.05) is 6.54 Å². The van der Waals surface area contributed by atoms with Gasteiger partial charge in [-0.1, -0.05) is 0 Å². The number of primary amides is 1. The summed E-state index contributed by atoms with van der Waals surface area (Å²) in [6, 6.07) is 0. The highest BCUT2D eigenvalue weighted by molar-refractivity contribution is 5.81. The van der Waals surface area contributed by atoms with Crippen molar-refractivity contribution in [3.8, 4) is 0 Å². The Morgan fingerprint density at radius 3 is 1.38 bits per heavy atom. The highest BCUT2D eigenvalue weighted by atomic mass is 16.3. The Balaban J connectivity index is 0. The van der Waals surface area contributed by atoms with Crippen LogP contribution in [-0.2, 0) is 4.79 Å². The van der Waals surface area contributed by atoms with Crippen molar-refractivity contribution in [1.82, 2.24) is 0 Å². The first-order chi connectivity index (χ1) is 5.50. The summed E-state index contributed by atoms with van der Waals surface area (Å²) in [6.07, 6.45) is 0. The molecule has 13 heavy (non-hydrogen) atoms. The Morgan fingerprint density at radius 2 is 1.38 bits per heavy atom. The van der Waals surface area contributed by atoms with E-state index in [2.05, 4.69) is 5.73 Å². The molecule has 6 N–H and O–H groups in total. The van der Waals surface area contributed by atoms with Crippen LogP contribution in [0.3, 0.4) is 0 Å². The molecule has 0 radical (unpaired) electrons. The van der Waals surface area contributed by atoms with Crippen molar-refractivity contribution < 1.29 is 15.0 Å². The molecule has 80 valence electrons. The van der Waals surface area contributed by atoms with E-state index in [-0.39, 0.29) is 0 Å². The second-order valence-electron chi connectivity index (χ2n) is 3.94. The van der Waals surface area contributed by atoms with Gasteiger partial charge in [0.05, 0.1) is 5.60 Å². The minimum absolute atomic E-state index is 0.326. The van der Waals surface area contributed by atoms with Gasteiger partial charge in [0, 0.05) is 6.54 Å². The van der Waals surface area contributed by atoms with Crippen LogP contribution in [0.2, 0.25) is 0 Å². The number of carbonyl (C=O) groups is 1. The lowest BCUT2D eigenvalue weighted by Crippen LogP contribution is -2.37. The predicted octanol–water partition coefficient (Wildman–Crippen LogP) is -1.04. The predicted molar refractivity (Wildman–Crippen MR) is 50.8 cm³/mol. The van der Waals surface area contributed by atoms with Gasteiger partial charge in [-0.25, -0.2) is 0 Å². The zero-order valence-corrected chi connectivity index (χ0v) is 8.66. The first-order valence-electron chi connectivity index (χ1n) is 3.95. The molecule has 1 amide bonds. The largest absolute Gasteiger partial charge is 0.389 e. The second kappa shape index (κ2) is 5.16. The second-order valence-corrected chi connectivity index (χ2v) is 3.94. The summed E-state index contributed by atoms with van der Waals surface area (Å²) in [6.45, 7) is 6.36. The van der Waals surface area contributed by atoms with E-state index in [4.69, 9.17) is 15.9 Å². The maximum absolute atomic E-state index is 9.99. The smallest absolute Gasteiger partial charge is 0.248 e. The van der Waals surface area contributed by atoms with Gasteiger partial charge in [-0.15, -0.1) is 0 Å². The Bertz CT molecular complexity index is 156. The molecule has 0 unspecified atom stereocenters. The molecule has 0 aliphatic rings. The highest BCUT2D eigenvalue weighted by Crippen LogP contribution is 1.96. The summed E-state index contributed by atoms with van der Waals surface area (Å²) < 4.78 is 0. The van der Waals surface area contributed by atoms with Crippen LogP contribution in [0.1, 0.15) is 27.7 Å². The van der Waals surface area contributed by atoms with Gasteiger partial charge in [0.1, 0.15) is 5.60 Å². The molecule has 0 atom stereocenters. The number of nitrogens with two attached hydrogens (primary N) is 2. The summed E-state index contributed by atoms with van der Waals surface area (Å²) in [7, 11) is 0. The van der Waals surface area contributed by atoms with E-state index in [0.29, 0.717) is 6.54 Å². The normalized spacial score (nSPS) is 11.6. The van der Waals surface area contributed by atoms with E-state index in [1.807, 2.05) is 0 Å². The lowest BCUT2D eigenvalue weighted by atomic mass is 10.1. The summed E-state index contributed by atoms with van der Waals surface area (Å²) in [4.78, 5) is 9.99. The molecular weight excluding hydrogens is 172 g/mol. The number of carbonyl (C=O) groups excluding carboxylic acids is 1. The van der Waals surface area contributed by atoms with Gasteiger partial charge in [0.15, 0.2) is 0 Å². The molecule has 0 spiro atoms. The molecule has 0 aromatic heterocycles. The molecule has 0 heterocycles. The number of hydrogen-bond donors (Lipinski definition) is 4. The minimum Gasteiger partial charge on any atom is -0.389 e. The lowest BCUT2D eigenvalue weighted by Gasteiger charge is -2.11. The van der Waals surface area contributed by atoms with E-state index >= 15 is 0 Å². The number of amides is 1. The topological polar surface area (TPSA) is 110 Å². The lowest BCUT2D eigenvalue weighted by molar-refractivity contribution is -0.132. The summed E-state index contributed by atoms with van der Waals surface area (Å²) >= 11 is 0. The third-order valence-electron chi connectivity index (χ3n) is 1.10. The van der Waals surface area contributed by atoms with Crippen LogP contribution >= 0.6 is 0 Å². The van der Waals surface area contributed by atoms with Crippen molar-refractivity contribution in [3.63, 3.8) is 0 Å². The molecule has 0 aliphatic carbocycles. The van der Waals surface area contributed by atoms with Crippen LogP contribution in [0, 0.1) is 0 Å². The van der Waals surface area contributed by atoms with Crippen molar-refractivity contribution >= 4 is 5.91 Å². The molecule has 5 nitrogen and oxygen atoms in total. The molecule has 0 aliphatic heterocycles. The summed E-state index contributed by atoms with van der Waals surface area (Å²) in [5.74, 6) is -0.701. The van der Waals surface area contributed by atoms with E-state index in [9.17, 15) is 4.79 Å². The quantitative estimate of drug-likeness (QED) is 0.448. The molecule has 0 saturated carbocycles. The molecular formula is C8H20N2O3. The van der Waals surface area contributed by atoms with E-state index in [1.165, 1.54) is 13.8 Å². The average Bonchev–Trinajstić information content (AvgIpc) is 1.85. The number of rotatable bonds is 2. The molecule has 0 fully saturated rings. The van der Waals surface area contributed by atoms with E-state index in [1.54, 1.807) is 13.8 Å². The zero-order chi connectivity index (χ0) is 11.3. The first-order valence-corrected chi connectivity index (χ1v) is 3.95. The van der Waals surface area contributed by atoms with Gasteiger partial charge in [-0.2, -0.15) is 0 Å². The molecule has 5 heteroatoms. The van der Waals surface area contributed by atoms with Gasteiger partial charge in [-0.3, -0.25) is 4.79 Å². The fourth-order valence-electron chi connectivity index (χ4n) is 0. The maximum atomic E-state index is 9.99. The fraction of sp³-hybridized carbons (Fsp3) is 0.875. The maximum Gasteiger partial charge on any atom is 0.248 e. The van der Waals surface area contributed by atoms with Crippen molar-refractivity contribution in [3.05, 3.63) is 0 Å². The molecule has 0 rings (SSSR count). The Kier molecular flexibility index (Phi) is 5.90. The standard InChI is InChI=1S/C4H9NO2.C4H11NO/c1-4(2,7)3(5)6;1-4(2,6)3-5/h7H,1-2H3,(H2,5,6);6H,3,5H2,1-2H3. The van der Waals surface area contributed by atoms with Gasteiger partial charge < -0.3 is 21.7 Å². The molecule has 0 aromatic carbocycles. The van der Waals surface area contributed by atoms with Crippen LogP contribution in [0.4, 0.5) is 0 Å². The van der Waals surface area contributed by atoms with Crippen LogP contribution in [-0.4, -0.2) is 33.9 Å². The van der Waals surface area contributed by atoms with Crippen molar-refractivity contribution in [2.45, 2.75) is 38.9 Å². The van der Waals surface area contributed by atoms with Crippen molar-refractivity contribution in [1.29, 1.82) is 0 Å². The highest BCUT2D eigenvalue weighted by Gasteiger charge is 2.18. The Morgan fingerprint density at radius 1 is 1.23 bits per heavy atom. The molecule has 0 saturated heterocycles. The Hall–Kier alpha value is -0.650. The van der Waals surface area contributed by atoms with Crippen LogP contribution < -0.4 is 11.5 Å². The zero-order valence-electron chi connectivity index (χ0n) is 8.66. The molecule has 0 aromatic rings. The number of hydrogen-bond acceptors (Lipinski definition) is 4. The monoisotopic (exact) mass is 192 g/mol. The average molecular weight is 192 g/mol. The van der Waals surface area contributed by atoms with Crippen LogP contribution in [0.25, 0.3) is 0 Å². The summed E-state index contributed by atoms with van der Waals surface area (Å²) in [5.41, 5.74) is 7.69. The third kappa shape index (κ3) is 14.2.